The van der Waals surface area contributed by atoms with Gasteiger partial charge in [0, 0.05) is 37.2 Å². The number of carbonyl (C=O) groups is 4. The van der Waals surface area contributed by atoms with E-state index < -0.39 is 16.6 Å². The van der Waals surface area contributed by atoms with E-state index in [1.54, 1.807) is 15.9 Å². The Kier molecular flexibility index (Phi) is 10.8. The molecule has 0 bridgehead atoms. The molecule has 0 saturated carbocycles. The molecule has 0 aromatic rings. The molecule has 0 radical (unpaired) electrons. The molecule has 1 atom stereocenters. The summed E-state index contributed by atoms with van der Waals surface area (Å²) in [6, 6.07) is 0. The molecule has 0 N–H and O–H groups in total. The normalized spacial score (nSPS) is 20.7. The van der Waals surface area contributed by atoms with Gasteiger partial charge < -0.3 is 28.7 Å². The second-order valence-electron chi connectivity index (χ2n) is 13.1. The van der Waals surface area contributed by atoms with Gasteiger partial charge in [-0.25, -0.2) is 14.4 Å². The molecule has 10 heteroatoms. The van der Waals surface area contributed by atoms with Crippen molar-refractivity contribution in [2.75, 3.05) is 40.4 Å². The maximum atomic E-state index is 12.0. The van der Waals surface area contributed by atoms with Crippen LogP contribution in [-0.4, -0.2) is 85.5 Å². The summed E-state index contributed by atoms with van der Waals surface area (Å²) in [4.78, 5) is 50.7. The van der Waals surface area contributed by atoms with Crippen LogP contribution in [-0.2, 0) is 28.5 Å². The highest BCUT2D eigenvalue weighted by atomic mass is 16.6. The van der Waals surface area contributed by atoms with Crippen LogP contribution in [0.2, 0.25) is 0 Å². The number of hydrogen-bond donors (Lipinski definition) is 0. The number of likely N-dealkylation sites (tertiary alicyclic amines) is 1. The second kappa shape index (κ2) is 12.4. The lowest BCUT2D eigenvalue weighted by Gasteiger charge is -2.42. The first-order valence-electron chi connectivity index (χ1n) is 13.0. The zero-order valence-electron chi connectivity index (χ0n) is 25.4. The van der Waals surface area contributed by atoms with Gasteiger partial charge in [-0.3, -0.25) is 4.79 Å². The average molecular weight is 541 g/mol. The van der Waals surface area contributed by atoms with Crippen molar-refractivity contribution in [1.82, 2.24) is 9.80 Å². The predicted octanol–water partition coefficient (Wildman–Crippen LogP) is 4.81. The van der Waals surface area contributed by atoms with Crippen LogP contribution in [0.4, 0.5) is 9.59 Å². The molecule has 1 fully saturated rings. The van der Waals surface area contributed by atoms with Crippen molar-refractivity contribution in [2.45, 2.75) is 86.9 Å². The molecule has 10 nitrogen and oxygen atoms in total. The van der Waals surface area contributed by atoms with E-state index >= 15 is 0 Å². The number of methoxy groups -OCH3 is 2. The van der Waals surface area contributed by atoms with Crippen LogP contribution in [0.25, 0.3) is 0 Å². The smallest absolute Gasteiger partial charge is 0.410 e. The van der Waals surface area contributed by atoms with E-state index in [-0.39, 0.29) is 35.5 Å². The zero-order valence-corrected chi connectivity index (χ0v) is 25.4. The van der Waals surface area contributed by atoms with Crippen LogP contribution in [0, 0.1) is 16.7 Å². The number of rotatable bonds is 2. The third-order valence-corrected chi connectivity index (χ3v) is 6.25. The first kappa shape index (κ1) is 33.2. The Labute approximate surface area is 228 Å². The van der Waals surface area contributed by atoms with Crippen LogP contribution >= 0.6 is 0 Å². The summed E-state index contributed by atoms with van der Waals surface area (Å²) in [5.41, 5.74) is -1.16. The van der Waals surface area contributed by atoms with Crippen molar-refractivity contribution in [2.24, 2.45) is 16.7 Å². The molecule has 218 valence electrons. The topological polar surface area (TPSA) is 112 Å². The van der Waals surface area contributed by atoms with Gasteiger partial charge >= 0.3 is 24.1 Å². The molecule has 1 saturated heterocycles. The number of amides is 2. The molecule has 0 spiro atoms. The highest BCUT2D eigenvalue weighted by Gasteiger charge is 2.43. The number of carbonyl (C=O) groups excluding carboxylic acids is 4. The minimum absolute atomic E-state index is 0.170. The molecule has 2 aliphatic heterocycles. The number of nitrogens with zero attached hydrogens (tertiary/aromatic N) is 2. The van der Waals surface area contributed by atoms with Crippen LogP contribution < -0.4 is 0 Å². The molecule has 2 amide bonds. The molecule has 2 aliphatic rings. The third kappa shape index (κ3) is 9.83. The average Bonchev–Trinajstić information content (AvgIpc) is 2.74. The number of ether oxygens (including phenoxy) is 4. The standard InChI is InChI=1S/C14H25NO4.C14H23NO4/c2*1-13(2,3)19-12(17)15-8-7-10(11(16)18-6)14(4,5)9-15/h10H,7-9H2,1-6H3;7H,8-9H2,1-6H3. The Hall–Kier alpha value is -2.78. The van der Waals surface area contributed by atoms with Gasteiger partial charge in [0.1, 0.15) is 11.2 Å². The Morgan fingerprint density at radius 1 is 0.816 bits per heavy atom. The predicted molar refractivity (Wildman–Crippen MR) is 143 cm³/mol. The van der Waals surface area contributed by atoms with E-state index in [0.717, 1.165) is 0 Å². The van der Waals surface area contributed by atoms with E-state index in [1.807, 2.05) is 69.2 Å². The van der Waals surface area contributed by atoms with Crippen molar-refractivity contribution in [1.29, 1.82) is 0 Å². The van der Waals surface area contributed by atoms with E-state index in [1.165, 1.54) is 14.2 Å². The minimum Gasteiger partial charge on any atom is -0.469 e. The van der Waals surface area contributed by atoms with Crippen LogP contribution in [0.5, 0.6) is 0 Å². The lowest BCUT2D eigenvalue weighted by Crippen LogP contribution is -2.51. The van der Waals surface area contributed by atoms with Gasteiger partial charge in [-0.1, -0.05) is 33.8 Å². The van der Waals surface area contributed by atoms with Crippen LogP contribution in [0.3, 0.4) is 0 Å². The Balaban J connectivity index is 0.000000380. The summed E-state index contributed by atoms with van der Waals surface area (Å²) < 4.78 is 20.3. The molecular formula is C28H48N2O8. The largest absolute Gasteiger partial charge is 0.469 e. The Morgan fingerprint density at radius 3 is 1.71 bits per heavy atom. The first-order valence-corrected chi connectivity index (χ1v) is 13.0. The molecule has 2 rings (SSSR count). The van der Waals surface area contributed by atoms with Crippen LogP contribution in [0.15, 0.2) is 11.6 Å². The monoisotopic (exact) mass is 540 g/mol. The lowest BCUT2D eigenvalue weighted by atomic mass is 9.74. The number of esters is 2. The maximum Gasteiger partial charge on any atom is 0.410 e. The quantitative estimate of drug-likeness (QED) is 0.363. The van der Waals surface area contributed by atoms with Gasteiger partial charge in [0.2, 0.25) is 0 Å². The molecule has 38 heavy (non-hydrogen) atoms. The number of piperidine rings is 1. The van der Waals surface area contributed by atoms with Crippen molar-refractivity contribution in [3.8, 4) is 0 Å². The summed E-state index contributed by atoms with van der Waals surface area (Å²) >= 11 is 0. The summed E-state index contributed by atoms with van der Waals surface area (Å²) in [6.45, 7) is 20.6. The van der Waals surface area contributed by atoms with Crippen molar-refractivity contribution < 1.29 is 38.1 Å². The molecule has 0 aliphatic carbocycles. The molecule has 1 unspecified atom stereocenters. The van der Waals surface area contributed by atoms with Crippen molar-refractivity contribution in [3.05, 3.63) is 11.6 Å². The minimum atomic E-state index is -0.520. The highest BCUT2D eigenvalue weighted by molar-refractivity contribution is 5.90. The molecule has 0 aromatic heterocycles. The Bertz CT molecular complexity index is 909. The molecular weight excluding hydrogens is 492 g/mol. The fourth-order valence-corrected chi connectivity index (χ4v) is 4.46. The van der Waals surface area contributed by atoms with E-state index in [0.29, 0.717) is 38.2 Å². The van der Waals surface area contributed by atoms with Gasteiger partial charge in [0.25, 0.3) is 0 Å². The fourth-order valence-electron chi connectivity index (χ4n) is 4.46. The highest BCUT2D eigenvalue weighted by Crippen LogP contribution is 2.36. The number of hydrogen-bond acceptors (Lipinski definition) is 8. The van der Waals surface area contributed by atoms with E-state index in [9.17, 15) is 19.2 Å². The summed E-state index contributed by atoms with van der Waals surface area (Å²) in [5.74, 6) is -0.709. The lowest BCUT2D eigenvalue weighted by molar-refractivity contribution is -0.152. The fraction of sp³-hybridized carbons (Fsp3) is 0.786. The Morgan fingerprint density at radius 2 is 1.32 bits per heavy atom. The summed E-state index contributed by atoms with van der Waals surface area (Å²) in [6.07, 6.45) is 1.67. The second-order valence-corrected chi connectivity index (χ2v) is 13.1. The van der Waals surface area contributed by atoms with E-state index in [2.05, 4.69) is 0 Å². The third-order valence-electron chi connectivity index (χ3n) is 6.25. The molecule has 0 aromatic carbocycles. The maximum absolute atomic E-state index is 12.0. The summed E-state index contributed by atoms with van der Waals surface area (Å²) in [5, 5.41) is 0. The van der Waals surface area contributed by atoms with Gasteiger partial charge in [-0.05, 0) is 53.4 Å². The van der Waals surface area contributed by atoms with Gasteiger partial charge in [-0.15, -0.1) is 0 Å². The molecule has 2 heterocycles. The van der Waals surface area contributed by atoms with Crippen LogP contribution in [0.1, 0.15) is 75.7 Å². The van der Waals surface area contributed by atoms with Crippen molar-refractivity contribution >= 4 is 24.1 Å². The first-order chi connectivity index (χ1) is 17.1. The van der Waals surface area contributed by atoms with Gasteiger partial charge in [0.05, 0.1) is 20.1 Å². The zero-order chi connectivity index (χ0) is 29.7. The van der Waals surface area contributed by atoms with Gasteiger partial charge in [-0.2, -0.15) is 0 Å². The van der Waals surface area contributed by atoms with E-state index in [4.69, 9.17) is 18.9 Å². The van der Waals surface area contributed by atoms with Crippen molar-refractivity contribution in [3.63, 3.8) is 0 Å². The SMILES string of the molecule is COC(=O)C1=CCN(C(=O)OC(C)(C)C)CC1(C)C.COC(=O)C1CCN(C(=O)OC(C)(C)C)CC1(C)C. The van der Waals surface area contributed by atoms with Gasteiger partial charge in [0.15, 0.2) is 0 Å². The summed E-state index contributed by atoms with van der Waals surface area (Å²) in [7, 11) is 2.76.